The topological polar surface area (TPSA) is 84.0 Å². The van der Waals surface area contributed by atoms with E-state index < -0.39 is 5.41 Å². The van der Waals surface area contributed by atoms with Crippen LogP contribution in [0.3, 0.4) is 0 Å². The minimum atomic E-state index is -0.496. The number of hydrogen-bond acceptors (Lipinski definition) is 5. The van der Waals surface area contributed by atoms with Gasteiger partial charge in [-0.25, -0.2) is 0 Å². The average molecular weight is 344 g/mol. The van der Waals surface area contributed by atoms with Crippen LogP contribution >= 0.6 is 11.3 Å². The van der Waals surface area contributed by atoms with Gasteiger partial charge in [-0.05, 0) is 31.0 Å². The lowest BCUT2D eigenvalue weighted by Gasteiger charge is -2.17. The molecule has 1 aromatic heterocycles. The molecule has 1 fully saturated rings. The van der Waals surface area contributed by atoms with Gasteiger partial charge in [-0.3, -0.25) is 14.9 Å². The molecule has 7 heteroatoms. The maximum Gasteiger partial charge on any atom is 0.257 e. The molecule has 1 aromatic carbocycles. The number of hydrogen-bond donors (Lipinski definition) is 2. The Hall–Kier alpha value is -2.28. The van der Waals surface area contributed by atoms with Crippen LogP contribution in [0.15, 0.2) is 24.3 Å². The summed E-state index contributed by atoms with van der Waals surface area (Å²) in [5, 5.41) is 15.2. The fraction of sp³-hybridized carbons (Fsp3) is 0.412. The maximum absolute atomic E-state index is 12.4. The van der Waals surface area contributed by atoms with Crippen molar-refractivity contribution in [1.82, 2.24) is 10.2 Å². The zero-order valence-corrected chi connectivity index (χ0v) is 14.7. The fourth-order valence-electron chi connectivity index (χ4n) is 2.01. The first-order valence-electron chi connectivity index (χ1n) is 7.89. The minimum absolute atomic E-state index is 0.0988. The van der Waals surface area contributed by atoms with E-state index >= 15 is 0 Å². The van der Waals surface area contributed by atoms with Crippen LogP contribution in [-0.2, 0) is 4.79 Å². The third-order valence-corrected chi connectivity index (χ3v) is 4.65. The number of carbonyl (C=O) groups is 2. The summed E-state index contributed by atoms with van der Waals surface area (Å²) in [5.41, 5.74) is 0.563. The first-order chi connectivity index (χ1) is 11.3. The van der Waals surface area contributed by atoms with Crippen molar-refractivity contribution in [2.24, 2.45) is 5.41 Å². The Kier molecular flexibility index (Phi) is 4.36. The zero-order valence-electron chi connectivity index (χ0n) is 13.9. The number of amides is 2. The van der Waals surface area contributed by atoms with Gasteiger partial charge >= 0.3 is 0 Å². The molecule has 24 heavy (non-hydrogen) atoms. The standard InChI is InChI=1S/C17H20N4O2S/c1-17(2,3)15(23)18-12-6-4-5-11(9-12)13(22)19-16-21-20-14(24-16)10-7-8-10/h4-6,9-10H,7-8H2,1-3H3,(H,18,23)(H,19,21,22). The summed E-state index contributed by atoms with van der Waals surface area (Å²) in [7, 11) is 0. The molecule has 1 aliphatic carbocycles. The average Bonchev–Trinajstić information content (AvgIpc) is 3.27. The molecule has 126 valence electrons. The monoisotopic (exact) mass is 344 g/mol. The molecule has 2 N–H and O–H groups in total. The molecule has 2 aromatic rings. The number of nitrogens with zero attached hydrogens (tertiary/aromatic N) is 2. The number of carbonyl (C=O) groups excluding carboxylic acids is 2. The second-order valence-corrected chi connectivity index (χ2v) is 7.97. The molecule has 3 rings (SSSR count). The van der Waals surface area contributed by atoms with Gasteiger partial charge < -0.3 is 5.32 Å². The van der Waals surface area contributed by atoms with Crippen molar-refractivity contribution in [2.75, 3.05) is 10.6 Å². The number of nitrogens with one attached hydrogen (secondary N) is 2. The molecule has 1 aliphatic rings. The van der Waals surface area contributed by atoms with E-state index in [2.05, 4.69) is 20.8 Å². The first kappa shape index (κ1) is 16.6. The molecule has 0 spiro atoms. The molecule has 1 heterocycles. The van der Waals surface area contributed by atoms with E-state index in [0.717, 1.165) is 17.8 Å². The van der Waals surface area contributed by atoms with Gasteiger partial charge in [0.05, 0.1) is 0 Å². The first-order valence-corrected chi connectivity index (χ1v) is 8.71. The van der Waals surface area contributed by atoms with Crippen molar-refractivity contribution in [1.29, 1.82) is 0 Å². The quantitative estimate of drug-likeness (QED) is 0.886. The van der Waals surface area contributed by atoms with Crippen LogP contribution in [-0.4, -0.2) is 22.0 Å². The third kappa shape index (κ3) is 3.97. The Morgan fingerprint density at radius 1 is 1.17 bits per heavy atom. The van der Waals surface area contributed by atoms with Crippen LogP contribution in [0.25, 0.3) is 0 Å². The number of rotatable bonds is 4. The largest absolute Gasteiger partial charge is 0.326 e. The van der Waals surface area contributed by atoms with Crippen molar-refractivity contribution in [3.05, 3.63) is 34.8 Å². The van der Waals surface area contributed by atoms with Crippen LogP contribution < -0.4 is 10.6 Å². The SMILES string of the molecule is CC(C)(C)C(=O)Nc1cccc(C(=O)Nc2nnc(C3CC3)s2)c1. The van der Waals surface area contributed by atoms with Gasteiger partial charge in [0.15, 0.2) is 0 Å². The van der Waals surface area contributed by atoms with E-state index in [1.165, 1.54) is 11.3 Å². The molecule has 0 saturated heterocycles. The summed E-state index contributed by atoms with van der Waals surface area (Å²) in [4.78, 5) is 24.4. The summed E-state index contributed by atoms with van der Waals surface area (Å²) >= 11 is 1.42. The van der Waals surface area contributed by atoms with Gasteiger partial charge in [-0.2, -0.15) is 0 Å². The molecule has 0 aliphatic heterocycles. The molecule has 0 bridgehead atoms. The van der Waals surface area contributed by atoms with E-state index in [1.807, 2.05) is 20.8 Å². The lowest BCUT2D eigenvalue weighted by atomic mass is 9.95. The molecule has 1 saturated carbocycles. The molecular weight excluding hydrogens is 324 g/mol. The maximum atomic E-state index is 12.4. The molecule has 0 unspecified atom stereocenters. The highest BCUT2D eigenvalue weighted by atomic mass is 32.1. The lowest BCUT2D eigenvalue weighted by molar-refractivity contribution is -0.123. The van der Waals surface area contributed by atoms with Crippen molar-refractivity contribution in [2.45, 2.75) is 39.5 Å². The molecule has 6 nitrogen and oxygen atoms in total. The van der Waals surface area contributed by atoms with Gasteiger partial charge in [0.25, 0.3) is 5.91 Å². The predicted octanol–water partition coefficient (Wildman–Crippen LogP) is 3.65. The van der Waals surface area contributed by atoms with E-state index in [-0.39, 0.29) is 11.8 Å². The molecule has 0 atom stereocenters. The van der Waals surface area contributed by atoms with Crippen LogP contribution in [0.4, 0.5) is 10.8 Å². The fourth-order valence-corrected chi connectivity index (χ4v) is 2.91. The summed E-state index contributed by atoms with van der Waals surface area (Å²) in [6.45, 7) is 5.52. The van der Waals surface area contributed by atoms with Crippen molar-refractivity contribution in [3.8, 4) is 0 Å². The Labute approximate surface area is 144 Å². The van der Waals surface area contributed by atoms with Gasteiger partial charge in [0.1, 0.15) is 5.01 Å². The number of aromatic nitrogens is 2. The minimum Gasteiger partial charge on any atom is -0.326 e. The molecule has 0 radical (unpaired) electrons. The Morgan fingerprint density at radius 2 is 1.92 bits per heavy atom. The van der Waals surface area contributed by atoms with E-state index in [4.69, 9.17) is 0 Å². The van der Waals surface area contributed by atoms with E-state index in [1.54, 1.807) is 24.3 Å². The summed E-state index contributed by atoms with van der Waals surface area (Å²) in [6, 6.07) is 6.85. The Morgan fingerprint density at radius 3 is 2.58 bits per heavy atom. The Bertz CT molecular complexity index is 775. The second-order valence-electron chi connectivity index (χ2n) is 6.96. The van der Waals surface area contributed by atoms with Crippen molar-refractivity contribution >= 4 is 34.0 Å². The van der Waals surface area contributed by atoms with Crippen molar-refractivity contribution < 1.29 is 9.59 Å². The van der Waals surface area contributed by atoms with Gasteiger partial charge in [0, 0.05) is 22.6 Å². The second kappa shape index (κ2) is 6.32. The van der Waals surface area contributed by atoms with Crippen LogP contribution in [0.1, 0.15) is 54.9 Å². The zero-order chi connectivity index (χ0) is 17.3. The summed E-state index contributed by atoms with van der Waals surface area (Å²) < 4.78 is 0. The normalized spacial score (nSPS) is 14.3. The highest BCUT2D eigenvalue weighted by Gasteiger charge is 2.28. The lowest BCUT2D eigenvalue weighted by Crippen LogP contribution is -2.27. The van der Waals surface area contributed by atoms with E-state index in [0.29, 0.717) is 22.3 Å². The predicted molar refractivity (Wildman–Crippen MR) is 94.4 cm³/mol. The number of benzene rings is 1. The summed E-state index contributed by atoms with van der Waals surface area (Å²) in [6.07, 6.45) is 2.30. The van der Waals surface area contributed by atoms with Crippen LogP contribution in [0.2, 0.25) is 0 Å². The van der Waals surface area contributed by atoms with Gasteiger partial charge in [-0.1, -0.05) is 38.2 Å². The smallest absolute Gasteiger partial charge is 0.257 e. The van der Waals surface area contributed by atoms with Crippen LogP contribution in [0.5, 0.6) is 0 Å². The van der Waals surface area contributed by atoms with Gasteiger partial charge in [0.2, 0.25) is 11.0 Å². The molecule has 2 amide bonds. The van der Waals surface area contributed by atoms with Gasteiger partial charge in [-0.15, -0.1) is 10.2 Å². The highest BCUT2D eigenvalue weighted by Crippen LogP contribution is 2.42. The summed E-state index contributed by atoms with van der Waals surface area (Å²) in [5.74, 6) is 0.155. The molecular formula is C17H20N4O2S. The number of anilines is 2. The van der Waals surface area contributed by atoms with E-state index in [9.17, 15) is 9.59 Å². The third-order valence-electron chi connectivity index (χ3n) is 3.65. The Balaban J connectivity index is 1.68. The van der Waals surface area contributed by atoms with Crippen molar-refractivity contribution in [3.63, 3.8) is 0 Å². The van der Waals surface area contributed by atoms with Crippen LogP contribution in [0, 0.1) is 5.41 Å². The highest BCUT2D eigenvalue weighted by molar-refractivity contribution is 7.15.